The van der Waals surface area contributed by atoms with E-state index in [0.29, 0.717) is 17.3 Å². The quantitative estimate of drug-likeness (QED) is 0.912. The van der Waals surface area contributed by atoms with Crippen molar-refractivity contribution < 1.29 is 8.91 Å². The van der Waals surface area contributed by atoms with Gasteiger partial charge in [-0.1, -0.05) is 18.0 Å². The Balaban J connectivity index is 1.83. The first-order chi connectivity index (χ1) is 9.74. The van der Waals surface area contributed by atoms with Crippen LogP contribution < -0.4 is 5.32 Å². The lowest BCUT2D eigenvalue weighted by molar-refractivity contribution is 0.327. The minimum Gasteiger partial charge on any atom is -0.337 e. The highest BCUT2D eigenvalue weighted by atomic mass is 19.1. The number of aryl methyl sites for hydroxylation is 1. The molecule has 1 saturated heterocycles. The molecule has 4 nitrogen and oxygen atoms in total. The molecular weight excluding hydrogens is 257 g/mol. The third-order valence-corrected chi connectivity index (χ3v) is 3.72. The van der Waals surface area contributed by atoms with E-state index in [2.05, 4.69) is 15.5 Å². The van der Waals surface area contributed by atoms with Gasteiger partial charge in [-0.3, -0.25) is 0 Å². The van der Waals surface area contributed by atoms with Gasteiger partial charge in [-0.15, -0.1) is 0 Å². The normalized spacial score (nSPS) is 19.8. The largest absolute Gasteiger partial charge is 0.337 e. The number of benzene rings is 1. The maximum Gasteiger partial charge on any atom is 0.244 e. The van der Waals surface area contributed by atoms with Crippen molar-refractivity contribution in [3.05, 3.63) is 35.5 Å². The van der Waals surface area contributed by atoms with Crippen LogP contribution in [0.25, 0.3) is 11.4 Å². The van der Waals surface area contributed by atoms with Gasteiger partial charge in [0.15, 0.2) is 0 Å². The molecule has 2 heterocycles. The summed E-state index contributed by atoms with van der Waals surface area (Å²) < 4.78 is 18.6. The standard InChI is InChI=1S/C15H18FN3O/c1-10-9-11(6-7-12(10)16)14-18-15(20-19-14)13-5-3-2-4-8-17-13/h6-7,9,13,17H,2-5,8H2,1H3. The average molecular weight is 275 g/mol. The van der Waals surface area contributed by atoms with Crippen LogP contribution in [0.4, 0.5) is 4.39 Å². The Morgan fingerprint density at radius 2 is 2.20 bits per heavy atom. The van der Waals surface area contributed by atoms with Crippen molar-refractivity contribution in [2.45, 2.75) is 38.6 Å². The van der Waals surface area contributed by atoms with E-state index >= 15 is 0 Å². The van der Waals surface area contributed by atoms with Crippen molar-refractivity contribution in [1.82, 2.24) is 15.5 Å². The predicted molar refractivity (Wildman–Crippen MR) is 73.6 cm³/mol. The fourth-order valence-corrected chi connectivity index (χ4v) is 2.52. The molecule has 1 aliphatic rings. The Bertz CT molecular complexity index is 589. The molecule has 1 fully saturated rings. The number of hydrogen-bond acceptors (Lipinski definition) is 4. The van der Waals surface area contributed by atoms with Gasteiger partial charge < -0.3 is 9.84 Å². The van der Waals surface area contributed by atoms with Crippen LogP contribution in [-0.2, 0) is 0 Å². The maximum atomic E-state index is 13.3. The summed E-state index contributed by atoms with van der Waals surface area (Å²) in [6.45, 7) is 2.71. The van der Waals surface area contributed by atoms with E-state index in [1.165, 1.54) is 25.3 Å². The molecule has 1 N–H and O–H groups in total. The molecule has 1 aromatic carbocycles. The van der Waals surface area contributed by atoms with Crippen molar-refractivity contribution in [2.75, 3.05) is 6.54 Å². The van der Waals surface area contributed by atoms with Gasteiger partial charge in [0.25, 0.3) is 0 Å². The van der Waals surface area contributed by atoms with Crippen LogP contribution in [0.3, 0.4) is 0 Å². The molecule has 1 unspecified atom stereocenters. The summed E-state index contributed by atoms with van der Waals surface area (Å²) >= 11 is 0. The lowest BCUT2D eigenvalue weighted by Crippen LogP contribution is -2.20. The first-order valence-corrected chi connectivity index (χ1v) is 7.07. The van der Waals surface area contributed by atoms with E-state index in [-0.39, 0.29) is 11.9 Å². The van der Waals surface area contributed by atoms with Crippen molar-refractivity contribution in [2.24, 2.45) is 0 Å². The molecule has 106 valence electrons. The molecule has 2 aromatic rings. The second kappa shape index (κ2) is 5.71. The van der Waals surface area contributed by atoms with Crippen LogP contribution in [0.5, 0.6) is 0 Å². The molecule has 3 rings (SSSR count). The Morgan fingerprint density at radius 3 is 3.05 bits per heavy atom. The van der Waals surface area contributed by atoms with E-state index in [9.17, 15) is 4.39 Å². The fourth-order valence-electron chi connectivity index (χ4n) is 2.52. The SMILES string of the molecule is Cc1cc(-c2noc(C3CCCCCN3)n2)ccc1F. The number of halogens is 1. The highest BCUT2D eigenvalue weighted by molar-refractivity contribution is 5.55. The monoisotopic (exact) mass is 275 g/mol. The van der Waals surface area contributed by atoms with Crippen molar-refractivity contribution >= 4 is 0 Å². The third kappa shape index (κ3) is 2.72. The van der Waals surface area contributed by atoms with Crippen LogP contribution in [0, 0.1) is 12.7 Å². The van der Waals surface area contributed by atoms with Crippen LogP contribution >= 0.6 is 0 Å². The molecular formula is C15H18FN3O. The van der Waals surface area contributed by atoms with Gasteiger partial charge in [0.2, 0.25) is 11.7 Å². The molecule has 1 aliphatic heterocycles. The Kier molecular flexibility index (Phi) is 3.78. The third-order valence-electron chi connectivity index (χ3n) is 3.72. The van der Waals surface area contributed by atoms with Crippen molar-refractivity contribution in [3.63, 3.8) is 0 Å². The zero-order valence-corrected chi connectivity index (χ0v) is 11.5. The molecule has 1 atom stereocenters. The highest BCUT2D eigenvalue weighted by Gasteiger charge is 2.20. The molecule has 0 saturated carbocycles. The summed E-state index contributed by atoms with van der Waals surface area (Å²) in [7, 11) is 0. The number of rotatable bonds is 2. The summed E-state index contributed by atoms with van der Waals surface area (Å²) in [5.41, 5.74) is 1.37. The number of nitrogens with zero attached hydrogens (tertiary/aromatic N) is 2. The summed E-state index contributed by atoms with van der Waals surface area (Å²) in [5, 5.41) is 7.44. The van der Waals surface area contributed by atoms with E-state index in [4.69, 9.17) is 4.52 Å². The zero-order chi connectivity index (χ0) is 13.9. The van der Waals surface area contributed by atoms with Gasteiger partial charge in [0, 0.05) is 5.56 Å². The van der Waals surface area contributed by atoms with Crippen LogP contribution in [0.15, 0.2) is 22.7 Å². The molecule has 0 bridgehead atoms. The zero-order valence-electron chi connectivity index (χ0n) is 11.5. The van der Waals surface area contributed by atoms with Gasteiger partial charge in [0.1, 0.15) is 5.82 Å². The van der Waals surface area contributed by atoms with Gasteiger partial charge in [-0.05, 0) is 50.1 Å². The highest BCUT2D eigenvalue weighted by Crippen LogP contribution is 2.24. The van der Waals surface area contributed by atoms with Gasteiger partial charge in [0.05, 0.1) is 6.04 Å². The minimum absolute atomic E-state index is 0.139. The van der Waals surface area contributed by atoms with E-state index < -0.39 is 0 Å². The van der Waals surface area contributed by atoms with Crippen molar-refractivity contribution in [1.29, 1.82) is 0 Å². The molecule has 0 radical (unpaired) electrons. The predicted octanol–water partition coefficient (Wildman–Crippen LogP) is 3.39. The summed E-state index contributed by atoms with van der Waals surface area (Å²) in [6.07, 6.45) is 4.62. The smallest absolute Gasteiger partial charge is 0.244 e. The molecule has 20 heavy (non-hydrogen) atoms. The summed E-state index contributed by atoms with van der Waals surface area (Å²) in [6, 6.07) is 4.99. The summed E-state index contributed by atoms with van der Waals surface area (Å²) in [4.78, 5) is 4.45. The second-order valence-electron chi connectivity index (χ2n) is 5.28. The fraction of sp³-hybridized carbons (Fsp3) is 0.467. The van der Waals surface area contributed by atoms with E-state index in [1.54, 1.807) is 19.1 Å². The Morgan fingerprint density at radius 1 is 1.30 bits per heavy atom. The van der Waals surface area contributed by atoms with Crippen LogP contribution in [0.1, 0.15) is 43.2 Å². The number of hydrogen-bond donors (Lipinski definition) is 1. The molecule has 0 spiro atoms. The maximum absolute atomic E-state index is 13.3. The second-order valence-corrected chi connectivity index (χ2v) is 5.28. The van der Waals surface area contributed by atoms with E-state index in [0.717, 1.165) is 18.5 Å². The Labute approximate surface area is 117 Å². The number of aromatic nitrogens is 2. The van der Waals surface area contributed by atoms with Crippen LogP contribution in [-0.4, -0.2) is 16.7 Å². The minimum atomic E-state index is -0.220. The Hall–Kier alpha value is -1.75. The lowest BCUT2D eigenvalue weighted by atomic mass is 10.1. The first kappa shape index (κ1) is 13.2. The summed E-state index contributed by atoms with van der Waals surface area (Å²) in [5.74, 6) is 0.931. The molecule has 0 aliphatic carbocycles. The molecule has 1 aromatic heterocycles. The lowest BCUT2D eigenvalue weighted by Gasteiger charge is -2.09. The number of nitrogens with one attached hydrogen (secondary N) is 1. The first-order valence-electron chi connectivity index (χ1n) is 7.07. The van der Waals surface area contributed by atoms with Crippen LogP contribution in [0.2, 0.25) is 0 Å². The molecule has 0 amide bonds. The van der Waals surface area contributed by atoms with Crippen molar-refractivity contribution in [3.8, 4) is 11.4 Å². The van der Waals surface area contributed by atoms with E-state index in [1.807, 2.05) is 0 Å². The average Bonchev–Trinajstić information content (AvgIpc) is 2.78. The van der Waals surface area contributed by atoms with Gasteiger partial charge >= 0.3 is 0 Å². The van der Waals surface area contributed by atoms with Gasteiger partial charge in [-0.2, -0.15) is 4.98 Å². The molecule has 5 heteroatoms. The topological polar surface area (TPSA) is 51.0 Å². The van der Waals surface area contributed by atoms with Gasteiger partial charge in [-0.25, -0.2) is 4.39 Å².